The van der Waals surface area contributed by atoms with E-state index in [1.54, 1.807) is 41.1 Å². The highest BCUT2D eigenvalue weighted by atomic mass is 16.6. The minimum absolute atomic E-state index is 0.0777. The van der Waals surface area contributed by atoms with Crippen molar-refractivity contribution in [3.63, 3.8) is 0 Å². The van der Waals surface area contributed by atoms with Gasteiger partial charge in [-0.05, 0) is 43.3 Å². The largest absolute Gasteiger partial charge is 0.485 e. The molecule has 1 atom stereocenters. The maximum absolute atomic E-state index is 12.9. The summed E-state index contributed by atoms with van der Waals surface area (Å²) in [4.78, 5) is 30.1. The van der Waals surface area contributed by atoms with Crippen molar-refractivity contribution in [2.75, 3.05) is 49.6 Å². The number of cyclic esters (lactones) is 1. The number of nitrogens with zero attached hydrogens (tertiary/aromatic N) is 3. The van der Waals surface area contributed by atoms with E-state index in [1.165, 1.54) is 0 Å². The Bertz CT molecular complexity index is 899. The van der Waals surface area contributed by atoms with Crippen molar-refractivity contribution in [1.29, 1.82) is 0 Å². The Balaban J connectivity index is 1.41. The molecule has 0 saturated carbocycles. The predicted molar refractivity (Wildman–Crippen MR) is 111 cm³/mol. The first-order valence-corrected chi connectivity index (χ1v) is 9.87. The number of ether oxygens (including phenoxy) is 2. The standard InChI is InChI=1S/C22H25N3O4/c1-3-24-15-18(29-20-7-5-4-6-19(20)24)14-23(2)21(26)16-8-10-17(11-9-16)25-12-13-28-22(25)27/h4-11,18H,3,12-15H2,1-2H3. The summed E-state index contributed by atoms with van der Waals surface area (Å²) in [7, 11) is 1.79. The second-order valence-corrected chi connectivity index (χ2v) is 7.24. The molecule has 2 aromatic carbocycles. The van der Waals surface area contributed by atoms with Crippen LogP contribution in [0.25, 0.3) is 0 Å². The number of rotatable bonds is 5. The zero-order valence-electron chi connectivity index (χ0n) is 16.7. The molecule has 7 nitrogen and oxygen atoms in total. The van der Waals surface area contributed by atoms with Crippen molar-refractivity contribution in [2.24, 2.45) is 0 Å². The molecule has 1 unspecified atom stereocenters. The minimum atomic E-state index is -0.351. The molecule has 152 valence electrons. The molecular formula is C22H25N3O4. The lowest BCUT2D eigenvalue weighted by Crippen LogP contribution is -2.46. The van der Waals surface area contributed by atoms with Gasteiger partial charge in [0.15, 0.2) is 0 Å². The zero-order chi connectivity index (χ0) is 20.4. The summed E-state index contributed by atoms with van der Waals surface area (Å²) in [5, 5.41) is 0. The van der Waals surface area contributed by atoms with Gasteiger partial charge in [0.1, 0.15) is 18.5 Å². The van der Waals surface area contributed by atoms with Gasteiger partial charge >= 0.3 is 6.09 Å². The summed E-state index contributed by atoms with van der Waals surface area (Å²) in [6.45, 7) is 5.15. The molecule has 2 aliphatic rings. The van der Waals surface area contributed by atoms with E-state index in [-0.39, 0.29) is 18.1 Å². The Morgan fingerprint density at radius 1 is 1.17 bits per heavy atom. The molecule has 0 aliphatic carbocycles. The van der Waals surface area contributed by atoms with Crippen LogP contribution in [-0.4, -0.2) is 62.8 Å². The predicted octanol–water partition coefficient (Wildman–Crippen LogP) is 3.00. The Labute approximate surface area is 170 Å². The van der Waals surface area contributed by atoms with Crippen LogP contribution in [0.15, 0.2) is 48.5 Å². The molecule has 2 aliphatic heterocycles. The quantitative estimate of drug-likeness (QED) is 0.779. The third-order valence-electron chi connectivity index (χ3n) is 5.32. The summed E-state index contributed by atoms with van der Waals surface area (Å²) in [5.74, 6) is 0.777. The highest BCUT2D eigenvalue weighted by Crippen LogP contribution is 2.33. The number of anilines is 2. The van der Waals surface area contributed by atoms with Gasteiger partial charge in [-0.25, -0.2) is 4.79 Å². The SMILES string of the molecule is CCN1CC(CN(C)C(=O)c2ccc(N3CCOC3=O)cc2)Oc2ccccc21. The summed E-state index contributed by atoms with van der Waals surface area (Å²) in [6, 6.07) is 15.0. The molecular weight excluding hydrogens is 370 g/mol. The molecule has 29 heavy (non-hydrogen) atoms. The molecule has 0 aromatic heterocycles. The van der Waals surface area contributed by atoms with Gasteiger partial charge in [-0.1, -0.05) is 12.1 Å². The van der Waals surface area contributed by atoms with E-state index in [9.17, 15) is 9.59 Å². The smallest absolute Gasteiger partial charge is 0.414 e. The van der Waals surface area contributed by atoms with Gasteiger partial charge in [-0.3, -0.25) is 9.69 Å². The van der Waals surface area contributed by atoms with Crippen LogP contribution in [0.4, 0.5) is 16.2 Å². The van der Waals surface area contributed by atoms with Crippen LogP contribution in [0.2, 0.25) is 0 Å². The van der Waals surface area contributed by atoms with E-state index in [0.717, 1.165) is 30.2 Å². The average molecular weight is 395 g/mol. The monoisotopic (exact) mass is 395 g/mol. The van der Waals surface area contributed by atoms with Crippen molar-refractivity contribution >= 4 is 23.4 Å². The van der Waals surface area contributed by atoms with Crippen molar-refractivity contribution < 1.29 is 19.1 Å². The molecule has 4 rings (SSSR count). The summed E-state index contributed by atoms with van der Waals surface area (Å²) in [5.41, 5.74) is 2.40. The number of para-hydroxylation sites is 2. The van der Waals surface area contributed by atoms with Crippen LogP contribution in [0.5, 0.6) is 5.75 Å². The Morgan fingerprint density at radius 2 is 1.93 bits per heavy atom. The molecule has 1 saturated heterocycles. The molecule has 0 spiro atoms. The lowest BCUT2D eigenvalue weighted by molar-refractivity contribution is 0.0709. The zero-order valence-corrected chi connectivity index (χ0v) is 16.7. The van der Waals surface area contributed by atoms with E-state index in [1.807, 2.05) is 18.2 Å². The maximum atomic E-state index is 12.9. The maximum Gasteiger partial charge on any atom is 0.414 e. The number of amides is 2. The van der Waals surface area contributed by atoms with Gasteiger partial charge in [0, 0.05) is 24.8 Å². The topological polar surface area (TPSA) is 62.3 Å². The first-order valence-electron chi connectivity index (χ1n) is 9.87. The summed E-state index contributed by atoms with van der Waals surface area (Å²) < 4.78 is 11.1. The van der Waals surface area contributed by atoms with Crippen molar-refractivity contribution in [3.05, 3.63) is 54.1 Å². The fourth-order valence-electron chi connectivity index (χ4n) is 3.79. The normalized spacial score (nSPS) is 18.1. The second kappa shape index (κ2) is 8.03. The number of likely N-dealkylation sites (N-methyl/N-ethyl adjacent to an activating group) is 2. The first kappa shape index (κ1) is 19.1. The van der Waals surface area contributed by atoms with Crippen molar-refractivity contribution in [1.82, 2.24) is 4.90 Å². The number of carbonyl (C=O) groups is 2. The molecule has 1 fully saturated rings. The fourth-order valence-corrected chi connectivity index (χ4v) is 3.79. The van der Waals surface area contributed by atoms with Crippen molar-refractivity contribution in [2.45, 2.75) is 13.0 Å². The van der Waals surface area contributed by atoms with E-state index in [0.29, 0.717) is 25.3 Å². The average Bonchev–Trinajstić information content (AvgIpc) is 3.18. The third-order valence-corrected chi connectivity index (χ3v) is 5.32. The number of fused-ring (bicyclic) bond motifs is 1. The van der Waals surface area contributed by atoms with E-state index < -0.39 is 0 Å². The first-order chi connectivity index (χ1) is 14.1. The number of hydrogen-bond donors (Lipinski definition) is 0. The highest BCUT2D eigenvalue weighted by Gasteiger charge is 2.27. The molecule has 2 amide bonds. The van der Waals surface area contributed by atoms with Crippen LogP contribution in [0, 0.1) is 0 Å². The van der Waals surface area contributed by atoms with Crippen LogP contribution in [0.1, 0.15) is 17.3 Å². The Morgan fingerprint density at radius 3 is 2.62 bits per heavy atom. The lowest BCUT2D eigenvalue weighted by Gasteiger charge is -2.37. The Kier molecular flexibility index (Phi) is 5.29. The minimum Gasteiger partial charge on any atom is -0.485 e. The number of hydrogen-bond acceptors (Lipinski definition) is 5. The lowest BCUT2D eigenvalue weighted by atomic mass is 10.1. The Hall–Kier alpha value is -3.22. The molecule has 2 aromatic rings. The summed E-state index contributed by atoms with van der Waals surface area (Å²) >= 11 is 0. The number of benzene rings is 2. The summed E-state index contributed by atoms with van der Waals surface area (Å²) in [6.07, 6.45) is -0.450. The molecule has 0 radical (unpaired) electrons. The molecule has 2 heterocycles. The third kappa shape index (κ3) is 3.85. The second-order valence-electron chi connectivity index (χ2n) is 7.24. The van der Waals surface area contributed by atoms with Gasteiger partial charge in [0.2, 0.25) is 0 Å². The highest BCUT2D eigenvalue weighted by molar-refractivity contribution is 5.95. The van der Waals surface area contributed by atoms with Crippen LogP contribution in [0.3, 0.4) is 0 Å². The van der Waals surface area contributed by atoms with Gasteiger partial charge in [0.25, 0.3) is 5.91 Å². The van der Waals surface area contributed by atoms with Crippen LogP contribution >= 0.6 is 0 Å². The van der Waals surface area contributed by atoms with Gasteiger partial charge in [-0.2, -0.15) is 0 Å². The van der Waals surface area contributed by atoms with E-state index >= 15 is 0 Å². The molecule has 7 heteroatoms. The van der Waals surface area contributed by atoms with Gasteiger partial charge in [-0.15, -0.1) is 0 Å². The van der Waals surface area contributed by atoms with Gasteiger partial charge in [0.05, 0.1) is 25.3 Å². The fraction of sp³-hybridized carbons (Fsp3) is 0.364. The van der Waals surface area contributed by atoms with E-state index in [2.05, 4.69) is 17.9 Å². The molecule has 0 bridgehead atoms. The van der Waals surface area contributed by atoms with Crippen LogP contribution in [-0.2, 0) is 4.74 Å². The van der Waals surface area contributed by atoms with E-state index in [4.69, 9.17) is 9.47 Å². The van der Waals surface area contributed by atoms with Gasteiger partial charge < -0.3 is 19.3 Å². The molecule has 0 N–H and O–H groups in total. The van der Waals surface area contributed by atoms with Crippen molar-refractivity contribution in [3.8, 4) is 5.75 Å². The van der Waals surface area contributed by atoms with Crippen LogP contribution < -0.4 is 14.5 Å². The number of carbonyl (C=O) groups excluding carboxylic acids is 2.